The molecule has 130 valence electrons. The van der Waals surface area contributed by atoms with Gasteiger partial charge in [-0.15, -0.1) is 0 Å². The monoisotopic (exact) mass is 333 g/mol. The maximum absolute atomic E-state index is 13.2. The standard InChI is InChI=1S/C17H24FN5O/c1-12-11-13(18)3-4-15(12)23-9-6-14(7-10-23)19-8-5-16-20-21-17(24)22(16)2/h3-4,11,14,19H,5-10H2,1-2H3,(H,21,24). The Balaban J connectivity index is 1.47. The number of piperidine rings is 1. The van der Waals surface area contributed by atoms with E-state index >= 15 is 0 Å². The van der Waals surface area contributed by atoms with Crippen LogP contribution in [0.2, 0.25) is 0 Å². The normalized spacial score (nSPS) is 15.9. The number of H-pyrrole nitrogens is 1. The Morgan fingerprint density at radius 3 is 2.75 bits per heavy atom. The molecule has 0 unspecified atom stereocenters. The Labute approximate surface area is 140 Å². The molecule has 2 aromatic rings. The van der Waals surface area contributed by atoms with Crippen LogP contribution in [-0.2, 0) is 13.5 Å². The maximum atomic E-state index is 13.2. The predicted molar refractivity (Wildman–Crippen MR) is 91.9 cm³/mol. The molecule has 2 heterocycles. The second-order valence-electron chi connectivity index (χ2n) is 6.40. The number of aryl methyl sites for hydroxylation is 1. The fraction of sp³-hybridized carbons (Fsp3) is 0.529. The molecule has 1 aliphatic heterocycles. The number of hydrogen-bond donors (Lipinski definition) is 2. The van der Waals surface area contributed by atoms with Gasteiger partial charge in [-0.1, -0.05) is 0 Å². The van der Waals surface area contributed by atoms with Gasteiger partial charge in [-0.2, -0.15) is 5.10 Å². The molecule has 6 nitrogen and oxygen atoms in total. The van der Waals surface area contributed by atoms with Gasteiger partial charge in [0.05, 0.1) is 0 Å². The van der Waals surface area contributed by atoms with E-state index < -0.39 is 0 Å². The Morgan fingerprint density at radius 1 is 1.38 bits per heavy atom. The van der Waals surface area contributed by atoms with Gasteiger partial charge in [0, 0.05) is 44.8 Å². The molecule has 1 aromatic heterocycles. The molecule has 0 aliphatic carbocycles. The highest BCUT2D eigenvalue weighted by molar-refractivity contribution is 5.53. The van der Waals surface area contributed by atoms with Crippen molar-refractivity contribution in [3.8, 4) is 0 Å². The summed E-state index contributed by atoms with van der Waals surface area (Å²) in [4.78, 5) is 13.6. The Hall–Kier alpha value is -2.15. The average Bonchev–Trinajstić information content (AvgIpc) is 2.88. The van der Waals surface area contributed by atoms with Crippen molar-refractivity contribution < 1.29 is 4.39 Å². The van der Waals surface area contributed by atoms with Crippen molar-refractivity contribution in [1.29, 1.82) is 0 Å². The summed E-state index contributed by atoms with van der Waals surface area (Å²) < 4.78 is 14.8. The third-order valence-corrected chi connectivity index (χ3v) is 4.75. The van der Waals surface area contributed by atoms with Crippen LogP contribution in [0.4, 0.5) is 10.1 Å². The number of nitrogens with zero attached hydrogens (tertiary/aromatic N) is 3. The zero-order valence-corrected chi connectivity index (χ0v) is 14.2. The van der Waals surface area contributed by atoms with Crippen molar-refractivity contribution in [2.45, 2.75) is 32.2 Å². The van der Waals surface area contributed by atoms with Gasteiger partial charge >= 0.3 is 5.69 Å². The number of aromatic nitrogens is 3. The zero-order valence-electron chi connectivity index (χ0n) is 14.2. The second-order valence-corrected chi connectivity index (χ2v) is 6.40. The summed E-state index contributed by atoms with van der Waals surface area (Å²) in [5.41, 5.74) is 1.94. The molecule has 1 aliphatic rings. The van der Waals surface area contributed by atoms with Gasteiger partial charge in [-0.05, 0) is 43.5 Å². The Bertz CT molecular complexity index is 746. The SMILES string of the molecule is Cc1cc(F)ccc1N1CCC(NCCc2n[nH]c(=O)n2C)CC1. The lowest BCUT2D eigenvalue weighted by atomic mass is 10.0. The van der Waals surface area contributed by atoms with Gasteiger partial charge in [0.2, 0.25) is 0 Å². The Kier molecular flexibility index (Phi) is 4.99. The van der Waals surface area contributed by atoms with Crippen LogP contribution in [0, 0.1) is 12.7 Å². The lowest BCUT2D eigenvalue weighted by molar-refractivity contribution is 0.415. The van der Waals surface area contributed by atoms with E-state index in [1.807, 2.05) is 13.0 Å². The van der Waals surface area contributed by atoms with Crippen molar-refractivity contribution >= 4 is 5.69 Å². The smallest absolute Gasteiger partial charge is 0.343 e. The molecule has 0 radical (unpaired) electrons. The van der Waals surface area contributed by atoms with Crippen LogP contribution in [-0.4, -0.2) is 40.4 Å². The molecule has 1 saturated heterocycles. The van der Waals surface area contributed by atoms with Crippen molar-refractivity contribution in [1.82, 2.24) is 20.1 Å². The van der Waals surface area contributed by atoms with Crippen LogP contribution in [0.25, 0.3) is 0 Å². The third-order valence-electron chi connectivity index (χ3n) is 4.75. The fourth-order valence-electron chi connectivity index (χ4n) is 3.29. The summed E-state index contributed by atoms with van der Waals surface area (Å²) in [7, 11) is 1.73. The van der Waals surface area contributed by atoms with Crippen molar-refractivity contribution in [2.24, 2.45) is 7.05 Å². The summed E-state index contributed by atoms with van der Waals surface area (Å²) in [6, 6.07) is 5.46. The molecular formula is C17H24FN5O. The Morgan fingerprint density at radius 2 is 2.12 bits per heavy atom. The van der Waals surface area contributed by atoms with Gasteiger partial charge in [0.25, 0.3) is 0 Å². The summed E-state index contributed by atoms with van der Waals surface area (Å²) in [6.45, 7) is 4.69. The molecule has 0 saturated carbocycles. The number of nitrogens with one attached hydrogen (secondary N) is 2. The van der Waals surface area contributed by atoms with Gasteiger partial charge in [0.1, 0.15) is 11.6 Å². The van der Waals surface area contributed by atoms with Crippen LogP contribution >= 0.6 is 0 Å². The molecule has 2 N–H and O–H groups in total. The average molecular weight is 333 g/mol. The number of anilines is 1. The number of rotatable bonds is 5. The van der Waals surface area contributed by atoms with Gasteiger partial charge < -0.3 is 10.2 Å². The molecular weight excluding hydrogens is 309 g/mol. The minimum absolute atomic E-state index is 0.173. The molecule has 7 heteroatoms. The molecule has 0 amide bonds. The van der Waals surface area contributed by atoms with E-state index in [9.17, 15) is 9.18 Å². The molecule has 24 heavy (non-hydrogen) atoms. The largest absolute Gasteiger partial charge is 0.371 e. The topological polar surface area (TPSA) is 66.0 Å². The highest BCUT2D eigenvalue weighted by Gasteiger charge is 2.20. The van der Waals surface area contributed by atoms with E-state index in [0.29, 0.717) is 6.04 Å². The summed E-state index contributed by atoms with van der Waals surface area (Å²) in [5, 5.41) is 10.0. The predicted octanol–water partition coefficient (Wildman–Crippen LogP) is 1.36. The van der Waals surface area contributed by atoms with E-state index in [1.165, 1.54) is 6.07 Å². The van der Waals surface area contributed by atoms with E-state index in [-0.39, 0.29) is 11.5 Å². The van der Waals surface area contributed by atoms with Gasteiger partial charge in [0.15, 0.2) is 0 Å². The van der Waals surface area contributed by atoms with Gasteiger partial charge in [-0.3, -0.25) is 4.57 Å². The number of halogens is 1. The molecule has 1 fully saturated rings. The van der Waals surface area contributed by atoms with Crippen molar-refractivity contribution in [3.05, 3.63) is 45.9 Å². The molecule has 0 spiro atoms. The number of benzene rings is 1. The minimum Gasteiger partial charge on any atom is -0.371 e. The summed E-state index contributed by atoms with van der Waals surface area (Å²) >= 11 is 0. The molecule has 0 atom stereocenters. The lowest BCUT2D eigenvalue weighted by Gasteiger charge is -2.35. The van der Waals surface area contributed by atoms with E-state index in [1.54, 1.807) is 17.7 Å². The lowest BCUT2D eigenvalue weighted by Crippen LogP contribution is -2.43. The van der Waals surface area contributed by atoms with Crippen LogP contribution < -0.4 is 15.9 Å². The van der Waals surface area contributed by atoms with Crippen LogP contribution in [0.15, 0.2) is 23.0 Å². The first-order valence-electron chi connectivity index (χ1n) is 8.39. The maximum Gasteiger partial charge on any atom is 0.343 e. The van der Waals surface area contributed by atoms with Crippen LogP contribution in [0.1, 0.15) is 24.2 Å². The van der Waals surface area contributed by atoms with Crippen LogP contribution in [0.5, 0.6) is 0 Å². The zero-order chi connectivity index (χ0) is 17.1. The van der Waals surface area contributed by atoms with Crippen molar-refractivity contribution in [2.75, 3.05) is 24.5 Å². The first-order chi connectivity index (χ1) is 11.5. The highest BCUT2D eigenvalue weighted by Crippen LogP contribution is 2.24. The van der Waals surface area contributed by atoms with E-state index in [4.69, 9.17) is 0 Å². The quantitative estimate of drug-likeness (QED) is 0.867. The van der Waals surface area contributed by atoms with E-state index in [2.05, 4.69) is 20.4 Å². The summed E-state index contributed by atoms with van der Waals surface area (Å²) in [6.07, 6.45) is 2.83. The van der Waals surface area contributed by atoms with E-state index in [0.717, 1.165) is 56.0 Å². The summed E-state index contributed by atoms with van der Waals surface area (Å²) in [5.74, 6) is 0.590. The highest BCUT2D eigenvalue weighted by atomic mass is 19.1. The van der Waals surface area contributed by atoms with Crippen molar-refractivity contribution in [3.63, 3.8) is 0 Å². The number of aromatic amines is 1. The fourth-order valence-corrected chi connectivity index (χ4v) is 3.29. The third kappa shape index (κ3) is 3.67. The first kappa shape index (κ1) is 16.7. The molecule has 1 aromatic carbocycles. The van der Waals surface area contributed by atoms with Crippen LogP contribution in [0.3, 0.4) is 0 Å². The minimum atomic E-state index is -0.180. The number of hydrogen-bond acceptors (Lipinski definition) is 4. The molecule has 0 bridgehead atoms. The van der Waals surface area contributed by atoms with Gasteiger partial charge in [-0.25, -0.2) is 14.3 Å². The molecule has 3 rings (SSSR count). The second kappa shape index (κ2) is 7.17. The first-order valence-corrected chi connectivity index (χ1v) is 8.39.